The van der Waals surface area contributed by atoms with Crippen LogP contribution in [0.25, 0.3) is 0 Å². The van der Waals surface area contributed by atoms with Crippen molar-refractivity contribution in [2.24, 2.45) is 11.3 Å². The molecule has 0 aliphatic heterocycles. The first-order valence-corrected chi connectivity index (χ1v) is 6.20. The first kappa shape index (κ1) is 11.3. The lowest BCUT2D eigenvalue weighted by atomic mass is 10.1. The monoisotopic (exact) mass is 245 g/mol. The molecule has 0 radical (unpaired) electrons. The number of carbonyl (C=O) groups is 2. The molecule has 2 fully saturated rings. The molecule has 4 heteroatoms. The molecule has 4 nitrogen and oxygen atoms in total. The summed E-state index contributed by atoms with van der Waals surface area (Å²) in [4.78, 5) is 23.2. The van der Waals surface area contributed by atoms with E-state index in [0.717, 1.165) is 19.3 Å². The first-order chi connectivity index (χ1) is 8.62. The summed E-state index contributed by atoms with van der Waals surface area (Å²) in [6.45, 7) is 0. The van der Waals surface area contributed by atoms with Crippen LogP contribution in [0.3, 0.4) is 0 Å². The van der Waals surface area contributed by atoms with E-state index < -0.39 is 12.0 Å². The van der Waals surface area contributed by atoms with E-state index in [2.05, 4.69) is 5.32 Å². The van der Waals surface area contributed by atoms with Crippen molar-refractivity contribution < 1.29 is 14.7 Å². The van der Waals surface area contributed by atoms with Crippen molar-refractivity contribution in [3.8, 4) is 0 Å². The molecule has 2 aliphatic rings. The summed E-state index contributed by atoms with van der Waals surface area (Å²) >= 11 is 0. The molecule has 2 atom stereocenters. The van der Waals surface area contributed by atoms with Gasteiger partial charge < -0.3 is 10.4 Å². The van der Waals surface area contributed by atoms with Gasteiger partial charge in [-0.15, -0.1) is 0 Å². The molecular formula is C14H15NO3. The van der Waals surface area contributed by atoms with Crippen molar-refractivity contribution in [3.05, 3.63) is 35.9 Å². The highest BCUT2D eigenvalue weighted by atomic mass is 16.4. The van der Waals surface area contributed by atoms with E-state index in [9.17, 15) is 14.7 Å². The predicted molar refractivity (Wildman–Crippen MR) is 64.7 cm³/mol. The highest BCUT2D eigenvalue weighted by Crippen LogP contribution is 2.70. The molecule has 0 saturated heterocycles. The average Bonchev–Trinajstić information content (AvgIpc) is 3.28. The van der Waals surface area contributed by atoms with Gasteiger partial charge in [0.25, 0.3) is 0 Å². The van der Waals surface area contributed by atoms with Crippen LogP contribution in [0, 0.1) is 11.3 Å². The second-order valence-electron chi connectivity index (χ2n) is 5.31. The number of nitrogens with one attached hydrogen (secondary N) is 1. The lowest BCUT2D eigenvalue weighted by Gasteiger charge is -2.14. The number of hydrogen-bond acceptors (Lipinski definition) is 2. The van der Waals surface area contributed by atoms with Crippen molar-refractivity contribution in [1.82, 2.24) is 5.32 Å². The van der Waals surface area contributed by atoms with Gasteiger partial charge in [0, 0.05) is 5.92 Å². The van der Waals surface area contributed by atoms with E-state index in [-0.39, 0.29) is 17.2 Å². The predicted octanol–water partition coefficient (Wildman–Crippen LogP) is 1.73. The molecule has 94 valence electrons. The molecule has 2 aliphatic carbocycles. The summed E-state index contributed by atoms with van der Waals surface area (Å²) in [6, 6.07) is 7.88. The van der Waals surface area contributed by atoms with E-state index in [1.165, 1.54) is 0 Å². The van der Waals surface area contributed by atoms with E-state index in [0.29, 0.717) is 5.56 Å². The number of rotatable bonds is 4. The molecule has 1 aromatic carbocycles. The van der Waals surface area contributed by atoms with Crippen LogP contribution in [0.2, 0.25) is 0 Å². The number of hydrogen-bond donors (Lipinski definition) is 2. The Morgan fingerprint density at radius 3 is 2.44 bits per heavy atom. The Morgan fingerprint density at radius 2 is 1.94 bits per heavy atom. The highest BCUT2D eigenvalue weighted by Gasteiger charge is 2.65. The fraction of sp³-hybridized carbons (Fsp3) is 0.429. The summed E-state index contributed by atoms with van der Waals surface area (Å²) in [6.07, 6.45) is 3.17. The van der Waals surface area contributed by atoms with Crippen molar-refractivity contribution in [3.63, 3.8) is 0 Å². The lowest BCUT2D eigenvalue weighted by Crippen LogP contribution is -2.35. The van der Waals surface area contributed by atoms with Gasteiger partial charge in [0.15, 0.2) is 6.04 Å². The van der Waals surface area contributed by atoms with Crippen molar-refractivity contribution >= 4 is 11.9 Å². The average molecular weight is 245 g/mol. The molecule has 1 unspecified atom stereocenters. The minimum Gasteiger partial charge on any atom is -0.479 e. The normalized spacial score (nSPS) is 24.3. The summed E-state index contributed by atoms with van der Waals surface area (Å²) in [7, 11) is 0. The fourth-order valence-electron chi connectivity index (χ4n) is 2.61. The standard InChI is InChI=1S/C14H15NO3/c16-12(10-8-14(10)6-7-14)15-11(13(17)18)9-4-2-1-3-5-9/h1-5,10-11H,6-8H2,(H,15,16)(H,17,18)/t10?,11-/m1/s1. The van der Waals surface area contributed by atoms with Gasteiger partial charge in [-0.2, -0.15) is 0 Å². The van der Waals surface area contributed by atoms with Gasteiger partial charge in [0.1, 0.15) is 0 Å². The van der Waals surface area contributed by atoms with Crippen molar-refractivity contribution in [2.75, 3.05) is 0 Å². The smallest absolute Gasteiger partial charge is 0.330 e. The van der Waals surface area contributed by atoms with Gasteiger partial charge in [0.2, 0.25) is 5.91 Å². The second kappa shape index (κ2) is 3.83. The number of carbonyl (C=O) groups excluding carboxylic acids is 1. The third-order valence-electron chi connectivity index (χ3n) is 4.06. The van der Waals surface area contributed by atoms with Crippen LogP contribution in [-0.4, -0.2) is 17.0 Å². The Balaban J connectivity index is 1.71. The molecule has 2 N–H and O–H groups in total. The van der Waals surface area contributed by atoms with Crippen LogP contribution in [0.1, 0.15) is 30.9 Å². The quantitative estimate of drug-likeness (QED) is 0.849. The first-order valence-electron chi connectivity index (χ1n) is 6.20. The van der Waals surface area contributed by atoms with Crippen LogP contribution in [0.15, 0.2) is 30.3 Å². The lowest BCUT2D eigenvalue weighted by molar-refractivity contribution is -0.142. The largest absolute Gasteiger partial charge is 0.479 e. The van der Waals surface area contributed by atoms with Crippen LogP contribution >= 0.6 is 0 Å². The minimum atomic E-state index is -1.01. The SMILES string of the molecule is O=C(N[C@@H](C(=O)O)c1ccccc1)C1CC12CC2. The van der Waals surface area contributed by atoms with Gasteiger partial charge in [-0.1, -0.05) is 30.3 Å². The zero-order valence-electron chi connectivity index (χ0n) is 9.93. The fourth-order valence-corrected chi connectivity index (χ4v) is 2.61. The Hall–Kier alpha value is -1.84. The second-order valence-corrected chi connectivity index (χ2v) is 5.31. The molecular weight excluding hydrogens is 230 g/mol. The molecule has 3 rings (SSSR count). The molecule has 0 heterocycles. The maximum Gasteiger partial charge on any atom is 0.330 e. The number of carboxylic acid groups (broad SMARTS) is 1. The number of aliphatic carboxylic acids is 1. The zero-order valence-corrected chi connectivity index (χ0v) is 9.93. The van der Waals surface area contributed by atoms with Gasteiger partial charge in [0.05, 0.1) is 0 Å². The highest BCUT2D eigenvalue weighted by molar-refractivity contribution is 5.88. The molecule has 18 heavy (non-hydrogen) atoms. The number of carboxylic acids is 1. The zero-order chi connectivity index (χ0) is 12.8. The third kappa shape index (κ3) is 1.88. The van der Waals surface area contributed by atoms with Gasteiger partial charge in [-0.05, 0) is 30.2 Å². The number of benzene rings is 1. The summed E-state index contributed by atoms with van der Waals surface area (Å²) in [5.41, 5.74) is 0.868. The van der Waals surface area contributed by atoms with E-state index in [1.54, 1.807) is 24.3 Å². The summed E-state index contributed by atoms with van der Waals surface area (Å²) < 4.78 is 0. The maximum absolute atomic E-state index is 12.0. The summed E-state index contributed by atoms with van der Waals surface area (Å²) in [5, 5.41) is 11.9. The molecule has 0 bridgehead atoms. The van der Waals surface area contributed by atoms with Crippen LogP contribution in [0.5, 0.6) is 0 Å². The Morgan fingerprint density at radius 1 is 1.28 bits per heavy atom. The maximum atomic E-state index is 12.0. The van der Waals surface area contributed by atoms with Crippen molar-refractivity contribution in [1.29, 1.82) is 0 Å². The molecule has 2 saturated carbocycles. The number of amides is 1. The van der Waals surface area contributed by atoms with Gasteiger partial charge >= 0.3 is 5.97 Å². The topological polar surface area (TPSA) is 66.4 Å². The van der Waals surface area contributed by atoms with Gasteiger partial charge in [-0.25, -0.2) is 4.79 Å². The van der Waals surface area contributed by atoms with Gasteiger partial charge in [-0.3, -0.25) is 4.79 Å². The van der Waals surface area contributed by atoms with Crippen molar-refractivity contribution in [2.45, 2.75) is 25.3 Å². The summed E-state index contributed by atoms with van der Waals surface area (Å²) in [5.74, 6) is -1.08. The molecule has 1 aromatic rings. The molecule has 1 spiro atoms. The third-order valence-corrected chi connectivity index (χ3v) is 4.06. The van der Waals surface area contributed by atoms with Crippen LogP contribution < -0.4 is 5.32 Å². The Bertz CT molecular complexity index is 493. The van der Waals surface area contributed by atoms with Crippen LogP contribution in [-0.2, 0) is 9.59 Å². The molecule has 0 aromatic heterocycles. The Kier molecular flexibility index (Phi) is 2.40. The minimum absolute atomic E-state index is 0.0445. The Labute approximate surface area is 105 Å². The van der Waals surface area contributed by atoms with E-state index in [4.69, 9.17) is 0 Å². The van der Waals surface area contributed by atoms with E-state index in [1.807, 2.05) is 6.07 Å². The van der Waals surface area contributed by atoms with Crippen LogP contribution in [0.4, 0.5) is 0 Å². The molecule has 1 amide bonds. The van der Waals surface area contributed by atoms with E-state index >= 15 is 0 Å².